The summed E-state index contributed by atoms with van der Waals surface area (Å²) in [7, 11) is 1.58. The molecule has 1 aliphatic rings. The van der Waals surface area contributed by atoms with E-state index in [0.717, 1.165) is 23.1 Å². The number of nitrogens with zero attached hydrogens (tertiary/aromatic N) is 4. The lowest BCUT2D eigenvalue weighted by Crippen LogP contribution is -2.49. The second kappa shape index (κ2) is 5.84. The number of ether oxygens (including phenoxy) is 1. The van der Waals surface area contributed by atoms with Gasteiger partial charge in [-0.1, -0.05) is 0 Å². The zero-order valence-corrected chi connectivity index (χ0v) is 13.5. The van der Waals surface area contributed by atoms with E-state index >= 15 is 0 Å². The highest BCUT2D eigenvalue weighted by atomic mass is 19.4. The molecular formula is C16H13F3N4O3. The average Bonchev–Trinajstić information content (AvgIpc) is 3.20. The van der Waals surface area contributed by atoms with Gasteiger partial charge in [-0.15, -0.1) is 0 Å². The number of carbonyl (C=O) groups is 1. The van der Waals surface area contributed by atoms with E-state index in [9.17, 15) is 18.0 Å². The normalized spacial score (nSPS) is 15.2. The van der Waals surface area contributed by atoms with E-state index in [-0.39, 0.29) is 28.7 Å². The third-order valence-corrected chi connectivity index (χ3v) is 4.34. The molecule has 136 valence electrons. The first-order valence-electron chi connectivity index (χ1n) is 7.68. The van der Waals surface area contributed by atoms with Crippen LogP contribution in [0.15, 0.2) is 35.5 Å². The number of pyridine rings is 1. The third kappa shape index (κ3) is 2.62. The zero-order chi connectivity index (χ0) is 18.5. The minimum Gasteiger partial charge on any atom is -0.443 e. The Morgan fingerprint density at radius 1 is 1.35 bits per heavy atom. The average molecular weight is 366 g/mol. The standard InChI is InChI=1S/C16H13F3N4O3/c1-22(10-6-25-7-10)15(24)12-3-21-14-11(13-4-20-8-26-13)2-9(5-23(12)14)16(17,18)19/h2-5,8,10H,6-7H2,1H3. The van der Waals surface area contributed by atoms with Gasteiger partial charge in [0.05, 0.1) is 42.8 Å². The lowest BCUT2D eigenvalue weighted by Gasteiger charge is -2.34. The number of likely N-dealkylation sites (N-methyl/N-ethyl adjacent to an activating group) is 1. The molecule has 0 bridgehead atoms. The van der Waals surface area contributed by atoms with Gasteiger partial charge in [0.2, 0.25) is 0 Å². The Balaban J connectivity index is 1.88. The number of carbonyl (C=O) groups excluding carboxylic acids is 1. The van der Waals surface area contributed by atoms with Crippen LogP contribution in [0.1, 0.15) is 16.1 Å². The summed E-state index contributed by atoms with van der Waals surface area (Å²) in [5, 5.41) is 0. The van der Waals surface area contributed by atoms with Crippen molar-refractivity contribution in [2.45, 2.75) is 12.2 Å². The number of oxazole rings is 1. The van der Waals surface area contributed by atoms with Crippen LogP contribution in [0.4, 0.5) is 13.2 Å². The van der Waals surface area contributed by atoms with Gasteiger partial charge in [-0.05, 0) is 6.07 Å². The summed E-state index contributed by atoms with van der Waals surface area (Å²) in [6.45, 7) is 0.798. The van der Waals surface area contributed by atoms with Crippen LogP contribution in [0.2, 0.25) is 0 Å². The Morgan fingerprint density at radius 2 is 2.12 bits per heavy atom. The molecule has 0 atom stereocenters. The number of fused-ring (bicyclic) bond motifs is 1. The van der Waals surface area contributed by atoms with E-state index in [0.29, 0.717) is 13.2 Å². The number of imidazole rings is 1. The molecule has 3 aromatic heterocycles. The lowest BCUT2D eigenvalue weighted by molar-refractivity contribution is -0.137. The highest BCUT2D eigenvalue weighted by Gasteiger charge is 2.34. The van der Waals surface area contributed by atoms with E-state index in [4.69, 9.17) is 9.15 Å². The monoisotopic (exact) mass is 366 g/mol. The first-order chi connectivity index (χ1) is 12.4. The van der Waals surface area contributed by atoms with Crippen molar-refractivity contribution in [1.29, 1.82) is 0 Å². The van der Waals surface area contributed by atoms with Gasteiger partial charge in [0.1, 0.15) is 11.3 Å². The molecule has 26 heavy (non-hydrogen) atoms. The minimum atomic E-state index is -4.60. The SMILES string of the molecule is CN(C(=O)c1cnc2c(-c3cnco3)cc(C(F)(F)F)cn12)C1COC1. The maximum atomic E-state index is 13.3. The molecule has 7 nitrogen and oxygen atoms in total. The van der Waals surface area contributed by atoms with E-state index in [2.05, 4.69) is 9.97 Å². The Bertz CT molecular complexity index is 961. The van der Waals surface area contributed by atoms with Gasteiger partial charge in [-0.3, -0.25) is 9.20 Å². The van der Waals surface area contributed by atoms with Crippen LogP contribution >= 0.6 is 0 Å². The maximum absolute atomic E-state index is 13.3. The molecule has 0 saturated carbocycles. The highest BCUT2D eigenvalue weighted by molar-refractivity contribution is 5.94. The van der Waals surface area contributed by atoms with Crippen LogP contribution in [0.3, 0.4) is 0 Å². The number of alkyl halides is 3. The summed E-state index contributed by atoms with van der Waals surface area (Å²) < 4.78 is 51.3. The Kier molecular flexibility index (Phi) is 3.72. The number of rotatable bonds is 3. The van der Waals surface area contributed by atoms with Crippen LogP contribution in [0.25, 0.3) is 17.0 Å². The van der Waals surface area contributed by atoms with Gasteiger partial charge in [-0.2, -0.15) is 13.2 Å². The molecule has 0 spiro atoms. The molecule has 4 heterocycles. The van der Waals surface area contributed by atoms with Gasteiger partial charge < -0.3 is 14.1 Å². The van der Waals surface area contributed by atoms with Gasteiger partial charge in [0, 0.05) is 13.2 Å². The Labute approximate surface area is 145 Å². The number of hydrogen-bond acceptors (Lipinski definition) is 5. The van der Waals surface area contributed by atoms with Crippen molar-refractivity contribution in [1.82, 2.24) is 19.3 Å². The predicted molar refractivity (Wildman–Crippen MR) is 82.4 cm³/mol. The maximum Gasteiger partial charge on any atom is 0.417 e. The van der Waals surface area contributed by atoms with Crippen molar-refractivity contribution in [2.24, 2.45) is 0 Å². The summed E-state index contributed by atoms with van der Waals surface area (Å²) in [4.78, 5) is 22.0. The summed E-state index contributed by atoms with van der Waals surface area (Å²) in [5.41, 5.74) is -0.610. The van der Waals surface area contributed by atoms with Gasteiger partial charge in [0.25, 0.3) is 5.91 Å². The summed E-state index contributed by atoms with van der Waals surface area (Å²) in [6.07, 6.45) is -0.0650. The van der Waals surface area contributed by atoms with Crippen molar-refractivity contribution < 1.29 is 27.1 Å². The van der Waals surface area contributed by atoms with Gasteiger partial charge in [-0.25, -0.2) is 9.97 Å². The molecule has 0 aliphatic carbocycles. The van der Waals surface area contributed by atoms with E-state index in [1.54, 1.807) is 7.05 Å². The number of hydrogen-bond donors (Lipinski definition) is 0. The first-order valence-corrected chi connectivity index (χ1v) is 7.68. The predicted octanol–water partition coefficient (Wildman–Crippen LogP) is 2.48. The minimum absolute atomic E-state index is 0.0289. The first kappa shape index (κ1) is 16.6. The van der Waals surface area contributed by atoms with Crippen LogP contribution in [-0.4, -0.2) is 51.5 Å². The summed E-state index contributed by atoms with van der Waals surface area (Å²) >= 11 is 0. The number of aromatic nitrogens is 3. The smallest absolute Gasteiger partial charge is 0.417 e. The summed E-state index contributed by atoms with van der Waals surface area (Å²) in [6, 6.07) is 0.827. The molecule has 1 saturated heterocycles. The fraction of sp³-hybridized carbons (Fsp3) is 0.312. The molecule has 1 aliphatic heterocycles. The lowest BCUT2D eigenvalue weighted by atomic mass is 10.1. The van der Waals surface area contributed by atoms with Crippen molar-refractivity contribution in [3.8, 4) is 11.3 Å². The molecule has 0 N–H and O–H groups in total. The van der Waals surface area contributed by atoms with Gasteiger partial charge in [0.15, 0.2) is 12.2 Å². The molecule has 0 radical (unpaired) electrons. The third-order valence-electron chi connectivity index (χ3n) is 4.34. The quantitative estimate of drug-likeness (QED) is 0.712. The molecule has 10 heteroatoms. The fourth-order valence-corrected chi connectivity index (χ4v) is 2.72. The van der Waals surface area contributed by atoms with E-state index in [1.807, 2.05) is 0 Å². The fourth-order valence-electron chi connectivity index (χ4n) is 2.72. The summed E-state index contributed by atoms with van der Waals surface area (Å²) in [5.74, 6) is -0.305. The Hall–Kier alpha value is -2.88. The molecule has 4 rings (SSSR count). The van der Waals surface area contributed by atoms with Crippen LogP contribution in [-0.2, 0) is 10.9 Å². The molecule has 0 unspecified atom stereocenters. The number of halogens is 3. The molecule has 1 amide bonds. The van der Waals surface area contributed by atoms with Crippen LogP contribution < -0.4 is 0 Å². The molecular weight excluding hydrogens is 353 g/mol. The second-order valence-electron chi connectivity index (χ2n) is 5.95. The zero-order valence-electron chi connectivity index (χ0n) is 13.5. The van der Waals surface area contributed by atoms with Gasteiger partial charge >= 0.3 is 6.18 Å². The van der Waals surface area contributed by atoms with E-state index in [1.165, 1.54) is 17.3 Å². The Morgan fingerprint density at radius 3 is 2.69 bits per heavy atom. The second-order valence-corrected chi connectivity index (χ2v) is 5.95. The van der Waals surface area contributed by atoms with Crippen molar-refractivity contribution in [2.75, 3.05) is 20.3 Å². The molecule has 0 aromatic carbocycles. The van der Waals surface area contributed by atoms with Crippen molar-refractivity contribution in [3.05, 3.63) is 42.3 Å². The largest absolute Gasteiger partial charge is 0.443 e. The van der Waals surface area contributed by atoms with Crippen LogP contribution in [0, 0.1) is 0 Å². The van der Waals surface area contributed by atoms with Crippen molar-refractivity contribution in [3.63, 3.8) is 0 Å². The number of amides is 1. The molecule has 3 aromatic rings. The molecule has 1 fully saturated rings. The topological polar surface area (TPSA) is 72.9 Å². The highest BCUT2D eigenvalue weighted by Crippen LogP contribution is 2.34. The van der Waals surface area contributed by atoms with E-state index < -0.39 is 17.6 Å². The van der Waals surface area contributed by atoms with Crippen molar-refractivity contribution >= 4 is 11.6 Å². The van der Waals surface area contributed by atoms with Crippen LogP contribution in [0.5, 0.6) is 0 Å².